The molecule has 2 heterocycles. The minimum absolute atomic E-state index is 1.14. The Morgan fingerprint density at radius 1 is 0.214 bits per heavy atom. The van der Waals surface area contributed by atoms with Crippen molar-refractivity contribution in [3.8, 4) is 33.6 Å². The van der Waals surface area contributed by atoms with Crippen LogP contribution < -0.4 is 0 Å². The monoisotopic (exact) mass is 710 g/mol. The van der Waals surface area contributed by atoms with Gasteiger partial charge in [-0.25, -0.2) is 0 Å². The number of para-hydroxylation sites is 2. The molecule has 0 amide bonds. The first-order valence-electron chi connectivity index (χ1n) is 19.4. The molecule has 0 spiro atoms. The van der Waals surface area contributed by atoms with E-state index in [0.717, 1.165) is 11.4 Å². The van der Waals surface area contributed by atoms with Crippen molar-refractivity contribution >= 4 is 75.9 Å². The molecule has 2 heteroatoms. The van der Waals surface area contributed by atoms with Crippen LogP contribution in [0.3, 0.4) is 0 Å². The second-order valence-corrected chi connectivity index (χ2v) is 14.9. The van der Waals surface area contributed by atoms with E-state index in [1.807, 2.05) is 0 Å². The first kappa shape index (κ1) is 31.0. The van der Waals surface area contributed by atoms with Crippen LogP contribution in [0.15, 0.2) is 206 Å². The van der Waals surface area contributed by atoms with Gasteiger partial charge in [0.15, 0.2) is 0 Å². The van der Waals surface area contributed by atoms with Gasteiger partial charge in [0.2, 0.25) is 0 Å². The molecule has 0 N–H and O–H groups in total. The van der Waals surface area contributed by atoms with Crippen LogP contribution in [0.5, 0.6) is 0 Å². The van der Waals surface area contributed by atoms with E-state index in [0.29, 0.717) is 0 Å². The number of fused-ring (bicyclic) bond motifs is 13. The zero-order valence-electron chi connectivity index (χ0n) is 30.5. The van der Waals surface area contributed by atoms with Gasteiger partial charge in [0.25, 0.3) is 0 Å². The largest absolute Gasteiger partial charge is 0.307 e. The van der Waals surface area contributed by atoms with Gasteiger partial charge in [0, 0.05) is 32.9 Å². The van der Waals surface area contributed by atoms with Gasteiger partial charge in [0.05, 0.1) is 22.1 Å². The Labute approximate surface area is 323 Å². The highest BCUT2D eigenvalue weighted by atomic mass is 15.0. The molecule has 12 rings (SSSR count). The van der Waals surface area contributed by atoms with Crippen LogP contribution in [-0.2, 0) is 0 Å². The summed E-state index contributed by atoms with van der Waals surface area (Å²) in [4.78, 5) is 0. The van der Waals surface area contributed by atoms with E-state index in [-0.39, 0.29) is 0 Å². The van der Waals surface area contributed by atoms with E-state index in [1.54, 1.807) is 0 Å². The SMILES string of the molecule is c1ccc(-c2cccc(-n3c4ccccc4c4ccc5c6ccccc6n(-c6ccc(-c7ccc8c9ccccc9c9ccccc9c8c7)cc6)c5c43)c2)cc1. The van der Waals surface area contributed by atoms with Crippen LogP contribution in [0, 0.1) is 0 Å². The Morgan fingerprint density at radius 2 is 0.625 bits per heavy atom. The lowest BCUT2D eigenvalue weighted by Crippen LogP contribution is -1.99. The Bertz CT molecular complexity index is 3480. The van der Waals surface area contributed by atoms with Crippen molar-refractivity contribution in [3.05, 3.63) is 206 Å². The Morgan fingerprint density at radius 3 is 1.23 bits per heavy atom. The summed E-state index contributed by atoms with van der Waals surface area (Å²) in [5, 5.41) is 12.7. The molecule has 260 valence electrons. The van der Waals surface area contributed by atoms with Crippen molar-refractivity contribution in [1.29, 1.82) is 0 Å². The predicted octanol–water partition coefficient (Wildman–Crippen LogP) is 14.7. The van der Waals surface area contributed by atoms with Gasteiger partial charge in [-0.1, -0.05) is 164 Å². The van der Waals surface area contributed by atoms with Crippen LogP contribution in [0.4, 0.5) is 0 Å². The van der Waals surface area contributed by atoms with Crippen LogP contribution in [0.25, 0.3) is 110 Å². The van der Waals surface area contributed by atoms with Crippen LogP contribution in [-0.4, -0.2) is 9.13 Å². The summed E-state index contributed by atoms with van der Waals surface area (Å²) < 4.78 is 4.96. The Balaban J connectivity index is 1.09. The maximum atomic E-state index is 2.48. The minimum Gasteiger partial charge on any atom is -0.307 e. The molecule has 0 bridgehead atoms. The molecule has 0 aliphatic carbocycles. The third-order valence-electron chi connectivity index (χ3n) is 11.9. The van der Waals surface area contributed by atoms with Gasteiger partial charge in [-0.2, -0.15) is 0 Å². The molecule has 0 aliphatic heterocycles. The highest BCUT2D eigenvalue weighted by Gasteiger charge is 2.21. The first-order chi connectivity index (χ1) is 27.8. The first-order valence-corrected chi connectivity index (χ1v) is 19.4. The fraction of sp³-hybridized carbons (Fsp3) is 0. The second-order valence-electron chi connectivity index (χ2n) is 14.9. The number of hydrogen-bond donors (Lipinski definition) is 0. The van der Waals surface area contributed by atoms with E-state index >= 15 is 0 Å². The molecule has 0 unspecified atom stereocenters. The molecule has 0 radical (unpaired) electrons. The lowest BCUT2D eigenvalue weighted by atomic mass is 9.92. The van der Waals surface area contributed by atoms with Crippen molar-refractivity contribution in [3.63, 3.8) is 0 Å². The zero-order valence-corrected chi connectivity index (χ0v) is 30.5. The van der Waals surface area contributed by atoms with E-state index < -0.39 is 0 Å². The molecule has 2 nitrogen and oxygen atoms in total. The average Bonchev–Trinajstić information content (AvgIpc) is 3.80. The summed E-state index contributed by atoms with van der Waals surface area (Å²) >= 11 is 0. The quantitative estimate of drug-likeness (QED) is 0.161. The molecule has 12 aromatic rings. The Kier molecular flexibility index (Phi) is 6.66. The number of rotatable bonds is 4. The van der Waals surface area contributed by atoms with Crippen LogP contribution in [0.2, 0.25) is 0 Å². The molecule has 0 saturated carbocycles. The van der Waals surface area contributed by atoms with Gasteiger partial charge in [-0.05, 0) is 97.0 Å². The van der Waals surface area contributed by atoms with E-state index in [1.165, 1.54) is 98.2 Å². The third-order valence-corrected chi connectivity index (χ3v) is 11.9. The molecule has 0 fully saturated rings. The second kappa shape index (κ2) is 12.0. The van der Waals surface area contributed by atoms with Gasteiger partial charge < -0.3 is 9.13 Å². The number of benzene rings is 10. The summed E-state index contributed by atoms with van der Waals surface area (Å²) in [6.45, 7) is 0. The van der Waals surface area contributed by atoms with Gasteiger partial charge in [0.1, 0.15) is 0 Å². The van der Waals surface area contributed by atoms with Crippen LogP contribution in [0.1, 0.15) is 0 Å². The molecule has 56 heavy (non-hydrogen) atoms. The standard InChI is InChI=1S/C54H34N2/c1-2-13-35(14-3-1)37-15-12-16-40(33-37)56-52-24-11-9-22-47(52)49-32-31-48-46-21-8-10-23-51(46)55(53(48)54(49)56)39-28-25-36(26-29-39)38-27-30-45-43-19-5-4-17-41(43)42-18-6-7-20-44(42)50(45)34-38/h1-34H. The van der Waals surface area contributed by atoms with Crippen molar-refractivity contribution in [2.75, 3.05) is 0 Å². The van der Waals surface area contributed by atoms with E-state index in [4.69, 9.17) is 0 Å². The lowest BCUT2D eigenvalue weighted by Gasteiger charge is -2.14. The minimum atomic E-state index is 1.14. The highest BCUT2D eigenvalue weighted by Crippen LogP contribution is 2.43. The van der Waals surface area contributed by atoms with Crippen molar-refractivity contribution in [1.82, 2.24) is 9.13 Å². The molecule has 0 aliphatic rings. The number of nitrogens with zero attached hydrogens (tertiary/aromatic N) is 2. The lowest BCUT2D eigenvalue weighted by molar-refractivity contribution is 1.15. The van der Waals surface area contributed by atoms with E-state index in [9.17, 15) is 0 Å². The molecule has 0 saturated heterocycles. The average molecular weight is 711 g/mol. The zero-order chi connectivity index (χ0) is 36.7. The molecular weight excluding hydrogens is 677 g/mol. The molecular formula is C54H34N2. The highest BCUT2D eigenvalue weighted by molar-refractivity contribution is 6.26. The van der Waals surface area contributed by atoms with Gasteiger partial charge in [-0.15, -0.1) is 0 Å². The molecule has 0 atom stereocenters. The summed E-state index contributed by atoms with van der Waals surface area (Å²) in [6.07, 6.45) is 0. The van der Waals surface area contributed by atoms with Gasteiger partial charge in [-0.3, -0.25) is 0 Å². The summed E-state index contributed by atoms with van der Waals surface area (Å²) in [5.74, 6) is 0. The maximum Gasteiger partial charge on any atom is 0.0788 e. The number of aromatic nitrogens is 2. The molecule has 2 aromatic heterocycles. The fourth-order valence-electron chi connectivity index (χ4n) is 9.38. The van der Waals surface area contributed by atoms with E-state index in [2.05, 4.69) is 215 Å². The third kappa shape index (κ3) is 4.50. The van der Waals surface area contributed by atoms with Gasteiger partial charge >= 0.3 is 0 Å². The topological polar surface area (TPSA) is 9.86 Å². The normalized spacial score (nSPS) is 11.9. The Hall–Kier alpha value is -7.42. The molecule has 10 aromatic carbocycles. The van der Waals surface area contributed by atoms with Crippen molar-refractivity contribution in [2.24, 2.45) is 0 Å². The summed E-state index contributed by atoms with van der Waals surface area (Å²) in [5.41, 5.74) is 11.9. The summed E-state index contributed by atoms with van der Waals surface area (Å²) in [6, 6.07) is 75.7. The van der Waals surface area contributed by atoms with Crippen molar-refractivity contribution < 1.29 is 0 Å². The predicted molar refractivity (Wildman–Crippen MR) is 239 cm³/mol. The maximum absolute atomic E-state index is 2.48. The fourth-order valence-corrected chi connectivity index (χ4v) is 9.38. The van der Waals surface area contributed by atoms with Crippen molar-refractivity contribution in [2.45, 2.75) is 0 Å². The smallest absolute Gasteiger partial charge is 0.0788 e. The summed E-state index contributed by atoms with van der Waals surface area (Å²) in [7, 11) is 0. The number of hydrogen-bond acceptors (Lipinski definition) is 0. The van der Waals surface area contributed by atoms with Crippen LogP contribution >= 0.6 is 0 Å².